The third-order valence-electron chi connectivity index (χ3n) is 10.8. The lowest BCUT2D eigenvalue weighted by Crippen LogP contribution is -2.04. The van der Waals surface area contributed by atoms with Crippen LogP contribution in [0.4, 0.5) is 0 Å². The number of hydrogen-bond acceptors (Lipinski definition) is 1. The average molecular weight is 703 g/mol. The predicted octanol–water partition coefficient (Wildman–Crippen LogP) is 13.1. The number of aliphatic imine (C=N–C) groups is 2. The van der Waals surface area contributed by atoms with Crippen LogP contribution in [-0.2, 0) is 0 Å². The molecule has 1 heterocycles. The predicted molar refractivity (Wildman–Crippen MR) is 234 cm³/mol. The highest BCUT2D eigenvalue weighted by Gasteiger charge is 2.17. The Balaban J connectivity index is 1.15. The third-order valence-corrected chi connectivity index (χ3v) is 10.8. The van der Waals surface area contributed by atoms with Crippen molar-refractivity contribution in [3.8, 4) is 27.9 Å². The summed E-state index contributed by atoms with van der Waals surface area (Å²) in [5.41, 5.74) is 9.70. The molecule has 10 aromatic rings. The van der Waals surface area contributed by atoms with E-state index in [2.05, 4.69) is 162 Å². The zero-order valence-corrected chi connectivity index (χ0v) is 29.9. The van der Waals surface area contributed by atoms with Crippen LogP contribution < -0.4 is 0 Å². The van der Waals surface area contributed by atoms with Crippen molar-refractivity contribution in [3.05, 3.63) is 199 Å². The van der Waals surface area contributed by atoms with Crippen LogP contribution in [0.5, 0.6) is 0 Å². The van der Waals surface area contributed by atoms with Gasteiger partial charge in [-0.3, -0.25) is 5.41 Å². The first kappa shape index (κ1) is 32.2. The molecular formula is C51H34N4. The summed E-state index contributed by atoms with van der Waals surface area (Å²) in [4.78, 5) is 8.90. The summed E-state index contributed by atoms with van der Waals surface area (Å²) in [5.74, 6) is 0.572. The molecule has 0 fully saturated rings. The van der Waals surface area contributed by atoms with E-state index >= 15 is 0 Å². The average Bonchev–Trinajstić information content (AvgIpc) is 3.59. The molecule has 55 heavy (non-hydrogen) atoms. The first-order chi connectivity index (χ1) is 27.2. The lowest BCUT2D eigenvalue weighted by atomic mass is 9.89. The van der Waals surface area contributed by atoms with Gasteiger partial charge >= 0.3 is 0 Å². The van der Waals surface area contributed by atoms with Crippen molar-refractivity contribution in [3.63, 3.8) is 0 Å². The Morgan fingerprint density at radius 3 is 1.73 bits per heavy atom. The maximum absolute atomic E-state index is 9.25. The molecule has 0 aliphatic rings. The number of aromatic nitrogens is 1. The van der Waals surface area contributed by atoms with Crippen molar-refractivity contribution in [1.29, 1.82) is 5.41 Å². The van der Waals surface area contributed by atoms with Gasteiger partial charge in [-0.05, 0) is 86.2 Å². The van der Waals surface area contributed by atoms with Crippen LogP contribution in [0.15, 0.2) is 198 Å². The van der Waals surface area contributed by atoms with Crippen LogP contribution in [0.2, 0.25) is 0 Å². The van der Waals surface area contributed by atoms with Gasteiger partial charge in [0, 0.05) is 33.0 Å². The number of amidine groups is 2. The highest BCUT2D eigenvalue weighted by Crippen LogP contribution is 2.40. The quantitative estimate of drug-likeness (QED) is 0.105. The number of para-hydroxylation sites is 1. The first-order valence-electron chi connectivity index (χ1n) is 18.4. The molecule has 0 radical (unpaired) electrons. The van der Waals surface area contributed by atoms with Crippen molar-refractivity contribution >= 4 is 72.5 Å². The second kappa shape index (κ2) is 13.2. The third kappa shape index (κ3) is 5.43. The van der Waals surface area contributed by atoms with Crippen LogP contribution in [0, 0.1) is 5.41 Å². The molecule has 1 N–H and O–H groups in total. The van der Waals surface area contributed by atoms with Crippen molar-refractivity contribution in [2.75, 3.05) is 0 Å². The molecule has 4 heteroatoms. The van der Waals surface area contributed by atoms with Crippen molar-refractivity contribution < 1.29 is 0 Å². The van der Waals surface area contributed by atoms with E-state index < -0.39 is 0 Å². The topological polar surface area (TPSA) is 53.5 Å². The molecule has 0 saturated carbocycles. The van der Waals surface area contributed by atoms with Crippen LogP contribution in [0.1, 0.15) is 11.1 Å². The maximum Gasteiger partial charge on any atom is 0.161 e. The van der Waals surface area contributed by atoms with Gasteiger partial charge in [-0.2, -0.15) is 0 Å². The fourth-order valence-electron chi connectivity index (χ4n) is 8.19. The molecule has 0 saturated heterocycles. The minimum absolute atomic E-state index is 0.146. The summed E-state index contributed by atoms with van der Waals surface area (Å²) in [6.07, 6.45) is 0. The monoisotopic (exact) mass is 702 g/mol. The molecule has 0 bridgehead atoms. The van der Waals surface area contributed by atoms with Gasteiger partial charge in [0.2, 0.25) is 0 Å². The zero-order valence-electron chi connectivity index (χ0n) is 29.9. The summed E-state index contributed by atoms with van der Waals surface area (Å²) in [6.45, 7) is 3.77. The summed E-state index contributed by atoms with van der Waals surface area (Å²) in [7, 11) is 0. The van der Waals surface area contributed by atoms with Gasteiger partial charge in [0.05, 0.1) is 11.0 Å². The van der Waals surface area contributed by atoms with Crippen molar-refractivity contribution in [1.82, 2.24) is 4.57 Å². The fourth-order valence-corrected chi connectivity index (χ4v) is 8.19. The summed E-state index contributed by atoms with van der Waals surface area (Å²) in [5, 5.41) is 18.3. The van der Waals surface area contributed by atoms with Crippen LogP contribution in [-0.4, -0.2) is 23.0 Å². The van der Waals surface area contributed by atoms with E-state index in [1.807, 2.05) is 42.5 Å². The van der Waals surface area contributed by atoms with E-state index in [1.54, 1.807) is 0 Å². The summed E-state index contributed by atoms with van der Waals surface area (Å²) < 4.78 is 2.38. The molecule has 10 rings (SSSR count). The van der Waals surface area contributed by atoms with E-state index in [0.717, 1.165) is 60.4 Å². The smallest absolute Gasteiger partial charge is 0.161 e. The number of nitrogens with zero attached hydrogens (tertiary/aromatic N) is 3. The summed E-state index contributed by atoms with van der Waals surface area (Å²) in [6, 6.07) is 66.0. The Labute approximate surface area is 318 Å². The molecule has 0 atom stereocenters. The van der Waals surface area contributed by atoms with Crippen LogP contribution in [0.3, 0.4) is 0 Å². The molecule has 1 aromatic heterocycles. The molecule has 0 spiro atoms. The molecule has 0 aliphatic heterocycles. The summed E-state index contributed by atoms with van der Waals surface area (Å²) >= 11 is 0. The Hall–Kier alpha value is -7.43. The first-order valence-corrected chi connectivity index (χ1v) is 18.4. The van der Waals surface area contributed by atoms with E-state index in [9.17, 15) is 5.41 Å². The van der Waals surface area contributed by atoms with Gasteiger partial charge in [0.15, 0.2) is 11.7 Å². The lowest BCUT2D eigenvalue weighted by Gasteiger charge is -2.15. The minimum Gasteiger partial charge on any atom is -0.309 e. The van der Waals surface area contributed by atoms with Gasteiger partial charge in [0.25, 0.3) is 0 Å². The van der Waals surface area contributed by atoms with Gasteiger partial charge in [-0.1, -0.05) is 158 Å². The number of benzene rings is 9. The number of rotatable bonds is 5. The van der Waals surface area contributed by atoms with Crippen molar-refractivity contribution in [2.24, 2.45) is 9.98 Å². The number of hydrogen-bond donors (Lipinski definition) is 1. The lowest BCUT2D eigenvalue weighted by molar-refractivity contribution is 1.18. The Bertz CT molecular complexity index is 3160. The molecule has 0 amide bonds. The van der Waals surface area contributed by atoms with E-state index in [4.69, 9.17) is 4.99 Å². The Morgan fingerprint density at radius 1 is 0.436 bits per heavy atom. The van der Waals surface area contributed by atoms with Crippen LogP contribution >= 0.6 is 0 Å². The Kier molecular flexibility index (Phi) is 7.74. The highest BCUT2D eigenvalue weighted by atomic mass is 15.0. The van der Waals surface area contributed by atoms with Gasteiger partial charge in [-0.15, -0.1) is 0 Å². The SMILES string of the molecule is C=NC(=NC(=N)c1cccc2c3ccccc3c3cc(-c4ccc5c6ccccc6n(-c6ccc(-c7ccccc7)cc6)c5c4)ccc3c12)c1ccccc1. The second-order valence-electron chi connectivity index (χ2n) is 13.8. The minimum atomic E-state index is 0.146. The molecule has 9 aromatic carbocycles. The van der Waals surface area contributed by atoms with E-state index in [1.165, 1.54) is 32.8 Å². The van der Waals surface area contributed by atoms with Crippen LogP contribution in [0.25, 0.3) is 82.1 Å². The zero-order chi connectivity index (χ0) is 36.9. The van der Waals surface area contributed by atoms with Crippen molar-refractivity contribution in [2.45, 2.75) is 0 Å². The standard InChI is InChI=1S/C51H34N4/c1-53-51(35-15-6-3-7-16-35)54-50(52)45-21-12-20-43-39-17-8-9-18-40(39)46-31-36(26-30-44(46)49(43)45)37-25-29-42-41-19-10-11-22-47(41)55(48(42)32-37)38-27-23-34(24-28-38)33-13-4-2-5-14-33/h2-32,52H,1H2. The molecular weight excluding hydrogens is 669 g/mol. The normalized spacial score (nSPS) is 11.9. The molecule has 0 unspecified atom stereocenters. The second-order valence-corrected chi connectivity index (χ2v) is 13.8. The van der Waals surface area contributed by atoms with E-state index in [0.29, 0.717) is 5.84 Å². The Morgan fingerprint density at radius 2 is 0.982 bits per heavy atom. The molecule has 258 valence electrons. The molecule has 0 aliphatic carbocycles. The number of fused-ring (bicyclic) bond motifs is 9. The van der Waals surface area contributed by atoms with Gasteiger partial charge in [-0.25, -0.2) is 9.98 Å². The van der Waals surface area contributed by atoms with Gasteiger partial charge in [0.1, 0.15) is 0 Å². The van der Waals surface area contributed by atoms with Gasteiger partial charge < -0.3 is 4.57 Å². The van der Waals surface area contributed by atoms with E-state index in [-0.39, 0.29) is 5.84 Å². The maximum atomic E-state index is 9.25. The number of nitrogens with one attached hydrogen (secondary N) is 1. The fraction of sp³-hybridized carbons (Fsp3) is 0. The largest absolute Gasteiger partial charge is 0.309 e. The highest BCUT2D eigenvalue weighted by molar-refractivity contribution is 6.30. The molecule has 4 nitrogen and oxygen atoms in total.